The average molecular weight is 390 g/mol. The molecule has 27 heavy (non-hydrogen) atoms. The number of amides is 1. The summed E-state index contributed by atoms with van der Waals surface area (Å²) in [6.45, 7) is 6.38. The molecule has 3 heterocycles. The van der Waals surface area contributed by atoms with Gasteiger partial charge in [-0.25, -0.2) is 4.68 Å². The van der Waals surface area contributed by atoms with Crippen molar-refractivity contribution in [3.63, 3.8) is 0 Å². The predicted octanol–water partition coefficient (Wildman–Crippen LogP) is 2.25. The second kappa shape index (κ2) is 7.96. The van der Waals surface area contributed by atoms with Gasteiger partial charge < -0.3 is 9.64 Å². The predicted molar refractivity (Wildman–Crippen MR) is 102 cm³/mol. The number of aromatic nitrogens is 3. The number of hydrogen-bond acceptors (Lipinski definition) is 5. The molecule has 7 nitrogen and oxygen atoms in total. The summed E-state index contributed by atoms with van der Waals surface area (Å²) in [5.41, 5.74) is 1.16. The van der Waals surface area contributed by atoms with E-state index in [1.165, 1.54) is 0 Å². The monoisotopic (exact) mass is 389 g/mol. The van der Waals surface area contributed by atoms with E-state index >= 15 is 0 Å². The highest BCUT2D eigenvalue weighted by atomic mass is 35.5. The summed E-state index contributed by atoms with van der Waals surface area (Å²) in [6.07, 6.45) is 3.94. The number of piperidine rings is 1. The molecular formula is C19H24ClN5O2. The zero-order valence-electron chi connectivity index (χ0n) is 15.4. The van der Waals surface area contributed by atoms with Crippen LogP contribution in [0.5, 0.6) is 0 Å². The Morgan fingerprint density at radius 2 is 2.07 bits per heavy atom. The first-order valence-corrected chi connectivity index (χ1v) is 9.81. The molecule has 2 aromatic rings. The first kappa shape index (κ1) is 18.4. The third kappa shape index (κ3) is 4.15. The van der Waals surface area contributed by atoms with Crippen molar-refractivity contribution < 1.29 is 9.53 Å². The highest BCUT2D eigenvalue weighted by Gasteiger charge is 2.30. The minimum absolute atomic E-state index is 0.0583. The van der Waals surface area contributed by atoms with Crippen LogP contribution in [0.25, 0.3) is 5.69 Å². The Morgan fingerprint density at radius 1 is 1.26 bits per heavy atom. The summed E-state index contributed by atoms with van der Waals surface area (Å²) in [7, 11) is 0. The van der Waals surface area contributed by atoms with Crippen molar-refractivity contribution >= 4 is 17.5 Å². The van der Waals surface area contributed by atoms with Crippen LogP contribution in [0.2, 0.25) is 5.02 Å². The number of carbonyl (C=O) groups is 1. The standard InChI is InChI=1S/C19H24ClN5O2/c1-14-12-24(9-10-27-14)16-5-7-23(8-6-16)19(26)18-13-25(22-21-18)17-4-2-3-15(20)11-17/h2-4,11,13-14,16H,5-10,12H2,1H3. The first-order chi connectivity index (χ1) is 13.1. The van der Waals surface area contributed by atoms with Gasteiger partial charge in [-0.15, -0.1) is 5.10 Å². The van der Waals surface area contributed by atoms with E-state index in [4.69, 9.17) is 16.3 Å². The number of halogens is 1. The second-order valence-electron chi connectivity index (χ2n) is 7.23. The Kier molecular flexibility index (Phi) is 5.43. The van der Waals surface area contributed by atoms with E-state index in [-0.39, 0.29) is 5.91 Å². The van der Waals surface area contributed by atoms with Crippen molar-refractivity contribution in [1.29, 1.82) is 0 Å². The van der Waals surface area contributed by atoms with Crippen molar-refractivity contribution in [2.75, 3.05) is 32.8 Å². The van der Waals surface area contributed by atoms with Crippen LogP contribution in [0, 0.1) is 0 Å². The summed E-state index contributed by atoms with van der Waals surface area (Å²) in [6, 6.07) is 7.84. The lowest BCUT2D eigenvalue weighted by atomic mass is 10.0. The third-order valence-corrected chi connectivity index (χ3v) is 5.56. The molecule has 0 N–H and O–H groups in total. The van der Waals surface area contributed by atoms with Crippen LogP contribution < -0.4 is 0 Å². The fourth-order valence-electron chi connectivity index (χ4n) is 3.88. The summed E-state index contributed by atoms with van der Waals surface area (Å²) in [5.74, 6) is -0.0583. The van der Waals surface area contributed by atoms with E-state index in [1.54, 1.807) is 23.0 Å². The number of morpholine rings is 1. The zero-order chi connectivity index (χ0) is 18.8. The van der Waals surface area contributed by atoms with Gasteiger partial charge in [-0.05, 0) is 38.0 Å². The van der Waals surface area contributed by atoms with Gasteiger partial charge in [0.15, 0.2) is 5.69 Å². The Morgan fingerprint density at radius 3 is 2.81 bits per heavy atom. The van der Waals surface area contributed by atoms with Crippen LogP contribution >= 0.6 is 11.6 Å². The number of likely N-dealkylation sites (tertiary alicyclic amines) is 1. The number of carbonyl (C=O) groups excluding carboxylic acids is 1. The van der Waals surface area contributed by atoms with Crippen molar-refractivity contribution in [3.05, 3.63) is 41.2 Å². The fourth-order valence-corrected chi connectivity index (χ4v) is 4.06. The first-order valence-electron chi connectivity index (χ1n) is 9.43. The molecule has 0 spiro atoms. The van der Waals surface area contributed by atoms with Gasteiger partial charge in [0.05, 0.1) is 24.6 Å². The summed E-state index contributed by atoms with van der Waals surface area (Å²) >= 11 is 6.02. The molecule has 2 fully saturated rings. The summed E-state index contributed by atoms with van der Waals surface area (Å²) in [4.78, 5) is 17.2. The number of hydrogen-bond donors (Lipinski definition) is 0. The Bertz CT molecular complexity index is 803. The molecule has 1 unspecified atom stereocenters. The van der Waals surface area contributed by atoms with Crippen LogP contribution in [0.3, 0.4) is 0 Å². The molecule has 4 rings (SSSR count). The molecule has 0 bridgehead atoms. The maximum atomic E-state index is 12.8. The molecule has 0 saturated carbocycles. The molecule has 2 aliphatic heterocycles. The van der Waals surface area contributed by atoms with Crippen LogP contribution in [-0.2, 0) is 4.74 Å². The number of benzene rings is 1. The minimum Gasteiger partial charge on any atom is -0.376 e. The average Bonchev–Trinajstić information content (AvgIpc) is 3.18. The van der Waals surface area contributed by atoms with E-state index in [1.807, 2.05) is 17.0 Å². The van der Waals surface area contributed by atoms with Crippen LogP contribution in [0.4, 0.5) is 0 Å². The fraction of sp³-hybridized carbons (Fsp3) is 0.526. The zero-order valence-corrected chi connectivity index (χ0v) is 16.2. The number of rotatable bonds is 3. The van der Waals surface area contributed by atoms with Gasteiger partial charge in [0, 0.05) is 37.2 Å². The molecule has 1 aromatic heterocycles. The van der Waals surface area contributed by atoms with E-state index in [2.05, 4.69) is 22.1 Å². The van der Waals surface area contributed by atoms with Crippen LogP contribution in [-0.4, -0.2) is 75.6 Å². The molecule has 1 aromatic carbocycles. The third-order valence-electron chi connectivity index (χ3n) is 5.33. The van der Waals surface area contributed by atoms with E-state index < -0.39 is 0 Å². The highest BCUT2D eigenvalue weighted by molar-refractivity contribution is 6.30. The lowest BCUT2D eigenvalue weighted by Crippen LogP contribution is -2.51. The van der Waals surface area contributed by atoms with Crippen LogP contribution in [0.1, 0.15) is 30.3 Å². The molecule has 0 radical (unpaired) electrons. The van der Waals surface area contributed by atoms with Gasteiger partial charge in [-0.2, -0.15) is 0 Å². The number of nitrogens with zero attached hydrogens (tertiary/aromatic N) is 5. The summed E-state index contributed by atoms with van der Waals surface area (Å²) < 4.78 is 7.21. The molecule has 1 atom stereocenters. The van der Waals surface area contributed by atoms with Gasteiger partial charge in [0.25, 0.3) is 5.91 Å². The molecule has 2 saturated heterocycles. The van der Waals surface area contributed by atoms with Gasteiger partial charge in [0.1, 0.15) is 0 Å². The molecule has 8 heteroatoms. The maximum Gasteiger partial charge on any atom is 0.276 e. The van der Waals surface area contributed by atoms with Crippen molar-refractivity contribution in [2.24, 2.45) is 0 Å². The molecular weight excluding hydrogens is 366 g/mol. The van der Waals surface area contributed by atoms with Gasteiger partial charge in [0.2, 0.25) is 0 Å². The molecule has 0 aliphatic carbocycles. The maximum absolute atomic E-state index is 12.8. The van der Waals surface area contributed by atoms with E-state index in [0.717, 1.165) is 51.3 Å². The quantitative estimate of drug-likeness (QED) is 0.805. The summed E-state index contributed by atoms with van der Waals surface area (Å²) in [5, 5.41) is 8.77. The molecule has 2 aliphatic rings. The van der Waals surface area contributed by atoms with Gasteiger partial charge >= 0.3 is 0 Å². The van der Waals surface area contributed by atoms with Gasteiger partial charge in [-0.1, -0.05) is 22.9 Å². The van der Waals surface area contributed by atoms with Gasteiger partial charge in [-0.3, -0.25) is 9.69 Å². The lowest BCUT2D eigenvalue weighted by Gasteiger charge is -2.41. The van der Waals surface area contributed by atoms with Crippen LogP contribution in [0.15, 0.2) is 30.5 Å². The van der Waals surface area contributed by atoms with E-state index in [0.29, 0.717) is 22.9 Å². The van der Waals surface area contributed by atoms with Crippen molar-refractivity contribution in [2.45, 2.75) is 31.9 Å². The van der Waals surface area contributed by atoms with E-state index in [9.17, 15) is 4.79 Å². The Hall–Kier alpha value is -1.96. The second-order valence-corrected chi connectivity index (χ2v) is 7.66. The Labute approximate surface area is 163 Å². The highest BCUT2D eigenvalue weighted by Crippen LogP contribution is 2.21. The minimum atomic E-state index is -0.0583. The lowest BCUT2D eigenvalue weighted by molar-refractivity contribution is -0.0424. The topological polar surface area (TPSA) is 63.5 Å². The SMILES string of the molecule is CC1CN(C2CCN(C(=O)c3cn(-c4cccc(Cl)c4)nn3)CC2)CCO1. The normalized spacial score (nSPS) is 22.1. The van der Waals surface area contributed by atoms with Crippen molar-refractivity contribution in [1.82, 2.24) is 24.8 Å². The molecule has 144 valence electrons. The largest absolute Gasteiger partial charge is 0.376 e. The molecule has 1 amide bonds. The smallest absolute Gasteiger partial charge is 0.276 e. The van der Waals surface area contributed by atoms with Crippen molar-refractivity contribution in [3.8, 4) is 5.69 Å². The Balaban J connectivity index is 1.37. The number of ether oxygens (including phenoxy) is 1.